The molecule has 4 rings (SSSR count). The Morgan fingerprint density at radius 3 is 2.35 bits per heavy atom. The summed E-state index contributed by atoms with van der Waals surface area (Å²) in [7, 11) is 0. The molecule has 0 unspecified atom stereocenters. The number of aryl methyl sites for hydroxylation is 1. The van der Waals surface area contributed by atoms with Crippen molar-refractivity contribution in [3.05, 3.63) is 71.2 Å². The molecule has 3 aromatic rings. The van der Waals surface area contributed by atoms with E-state index in [2.05, 4.69) is 4.98 Å². The van der Waals surface area contributed by atoms with E-state index in [0.717, 1.165) is 16.9 Å². The molecule has 3 heterocycles. The number of amides is 2. The normalized spacial score (nSPS) is 13.9. The topological polar surface area (TPSA) is 54.7 Å². The minimum Gasteiger partial charge on any atom is -0.307 e. The number of carbonyl (C=O) groups is 2. The molecule has 2 aromatic heterocycles. The van der Waals surface area contributed by atoms with Gasteiger partial charge >= 0.3 is 0 Å². The molecule has 1 aliphatic rings. The van der Waals surface area contributed by atoms with Crippen molar-refractivity contribution in [2.45, 2.75) is 13.3 Å². The third-order valence-corrected chi connectivity index (χ3v) is 4.20. The summed E-state index contributed by atoms with van der Waals surface area (Å²) in [5.41, 5.74) is 3.85. The van der Waals surface area contributed by atoms with Gasteiger partial charge in [-0.1, -0.05) is 18.2 Å². The quantitative estimate of drug-likeness (QED) is 0.699. The molecule has 5 heteroatoms. The van der Waals surface area contributed by atoms with E-state index in [9.17, 15) is 9.59 Å². The van der Waals surface area contributed by atoms with Gasteiger partial charge in [0, 0.05) is 25.4 Å². The van der Waals surface area contributed by atoms with Crippen LogP contribution in [-0.4, -0.2) is 32.6 Å². The van der Waals surface area contributed by atoms with Crippen molar-refractivity contribution in [1.82, 2.24) is 14.3 Å². The number of benzene rings is 1. The van der Waals surface area contributed by atoms with Gasteiger partial charge in [-0.15, -0.1) is 0 Å². The van der Waals surface area contributed by atoms with Gasteiger partial charge in [0.05, 0.1) is 16.8 Å². The Labute approximate surface area is 133 Å². The molecule has 0 saturated carbocycles. The molecule has 2 amide bonds. The minimum absolute atomic E-state index is 0.217. The second kappa shape index (κ2) is 5.05. The molecule has 0 atom stereocenters. The predicted molar refractivity (Wildman–Crippen MR) is 85.4 cm³/mol. The van der Waals surface area contributed by atoms with E-state index in [-0.39, 0.29) is 11.8 Å². The Hall–Kier alpha value is -2.95. The first-order valence-electron chi connectivity index (χ1n) is 7.53. The molecular formula is C18H15N3O2. The van der Waals surface area contributed by atoms with Gasteiger partial charge in [-0.25, -0.2) is 4.98 Å². The highest BCUT2D eigenvalue weighted by atomic mass is 16.2. The van der Waals surface area contributed by atoms with Crippen LogP contribution in [0.25, 0.3) is 5.65 Å². The number of aromatic nitrogens is 2. The zero-order chi connectivity index (χ0) is 16.0. The zero-order valence-corrected chi connectivity index (χ0v) is 12.7. The van der Waals surface area contributed by atoms with Gasteiger partial charge < -0.3 is 4.40 Å². The van der Waals surface area contributed by atoms with Crippen LogP contribution >= 0.6 is 0 Å². The van der Waals surface area contributed by atoms with Crippen LogP contribution in [0.3, 0.4) is 0 Å². The van der Waals surface area contributed by atoms with Crippen molar-refractivity contribution in [3.63, 3.8) is 0 Å². The van der Waals surface area contributed by atoms with E-state index < -0.39 is 0 Å². The number of imidazole rings is 1. The lowest BCUT2D eigenvalue weighted by molar-refractivity contribution is 0.0656. The van der Waals surface area contributed by atoms with Gasteiger partial charge in [0.1, 0.15) is 5.65 Å². The third kappa shape index (κ3) is 2.12. The smallest absolute Gasteiger partial charge is 0.261 e. The number of hydrogen-bond acceptors (Lipinski definition) is 3. The maximum atomic E-state index is 12.3. The van der Waals surface area contributed by atoms with Crippen LogP contribution in [0.15, 0.2) is 48.8 Å². The number of rotatable bonds is 3. The molecule has 114 valence electrons. The molecule has 0 fully saturated rings. The summed E-state index contributed by atoms with van der Waals surface area (Å²) in [5, 5.41) is 0. The van der Waals surface area contributed by atoms with E-state index in [4.69, 9.17) is 0 Å². The average molecular weight is 305 g/mol. The summed E-state index contributed by atoms with van der Waals surface area (Å²) in [4.78, 5) is 30.6. The van der Waals surface area contributed by atoms with E-state index in [1.165, 1.54) is 4.90 Å². The molecule has 5 nitrogen and oxygen atoms in total. The van der Waals surface area contributed by atoms with Crippen LogP contribution in [0.4, 0.5) is 0 Å². The van der Waals surface area contributed by atoms with Crippen molar-refractivity contribution < 1.29 is 9.59 Å². The molecular weight excluding hydrogens is 290 g/mol. The third-order valence-electron chi connectivity index (χ3n) is 4.20. The Balaban J connectivity index is 1.56. The Morgan fingerprint density at radius 2 is 1.70 bits per heavy atom. The molecule has 0 bridgehead atoms. The Bertz CT molecular complexity index is 907. The molecule has 0 radical (unpaired) electrons. The lowest BCUT2D eigenvalue weighted by atomic mass is 10.1. The van der Waals surface area contributed by atoms with Gasteiger partial charge in [-0.3, -0.25) is 14.5 Å². The first kappa shape index (κ1) is 13.7. The van der Waals surface area contributed by atoms with E-state index in [1.54, 1.807) is 24.3 Å². The maximum absolute atomic E-state index is 12.3. The second-order valence-corrected chi connectivity index (χ2v) is 5.71. The summed E-state index contributed by atoms with van der Waals surface area (Å²) in [5.74, 6) is -0.434. The Kier molecular flexibility index (Phi) is 3.01. The van der Waals surface area contributed by atoms with Crippen LogP contribution in [0.5, 0.6) is 0 Å². The average Bonchev–Trinajstić information content (AvgIpc) is 3.08. The van der Waals surface area contributed by atoms with Crippen LogP contribution in [-0.2, 0) is 6.42 Å². The minimum atomic E-state index is -0.217. The summed E-state index contributed by atoms with van der Waals surface area (Å²) in [6.45, 7) is 2.35. The van der Waals surface area contributed by atoms with Gasteiger partial charge in [-0.2, -0.15) is 0 Å². The van der Waals surface area contributed by atoms with Crippen molar-refractivity contribution in [1.29, 1.82) is 0 Å². The monoisotopic (exact) mass is 305 g/mol. The summed E-state index contributed by atoms with van der Waals surface area (Å²) >= 11 is 0. The first-order valence-corrected chi connectivity index (χ1v) is 7.53. The Morgan fingerprint density at radius 1 is 1.00 bits per heavy atom. The predicted octanol–water partition coefficient (Wildman–Crippen LogP) is 2.48. The van der Waals surface area contributed by atoms with Crippen molar-refractivity contribution in [3.8, 4) is 0 Å². The summed E-state index contributed by atoms with van der Waals surface area (Å²) in [6, 6.07) is 10.9. The fourth-order valence-electron chi connectivity index (χ4n) is 2.99. The molecule has 0 aliphatic carbocycles. The first-order chi connectivity index (χ1) is 11.1. The largest absolute Gasteiger partial charge is 0.307 e. The molecule has 1 aromatic carbocycles. The molecule has 0 N–H and O–H groups in total. The van der Waals surface area contributed by atoms with E-state index in [1.807, 2.05) is 35.9 Å². The van der Waals surface area contributed by atoms with Crippen molar-refractivity contribution >= 4 is 17.5 Å². The summed E-state index contributed by atoms with van der Waals surface area (Å²) in [6.07, 6.45) is 4.44. The number of hydrogen-bond donors (Lipinski definition) is 0. The standard InChI is InChI=1S/C18H15N3O2/c1-12-5-4-9-20-11-13(19-16(12)20)8-10-21-17(22)14-6-2-3-7-15(14)18(21)23/h2-7,9,11H,8,10H2,1H3. The van der Waals surface area contributed by atoms with Gasteiger partial charge in [-0.05, 0) is 30.7 Å². The second-order valence-electron chi connectivity index (χ2n) is 5.71. The fraction of sp³-hybridized carbons (Fsp3) is 0.167. The molecule has 0 saturated heterocycles. The van der Waals surface area contributed by atoms with Crippen LogP contribution in [0.1, 0.15) is 32.0 Å². The maximum Gasteiger partial charge on any atom is 0.261 e. The summed E-state index contributed by atoms with van der Waals surface area (Å²) < 4.78 is 1.97. The number of nitrogens with zero attached hydrogens (tertiary/aromatic N) is 3. The number of pyridine rings is 1. The van der Waals surface area contributed by atoms with E-state index >= 15 is 0 Å². The lowest BCUT2D eigenvalue weighted by Crippen LogP contribution is -2.31. The SMILES string of the molecule is Cc1cccn2cc(CCN3C(=O)c4ccccc4C3=O)nc12. The van der Waals surface area contributed by atoms with Gasteiger partial charge in [0.25, 0.3) is 11.8 Å². The highest BCUT2D eigenvalue weighted by Crippen LogP contribution is 2.22. The van der Waals surface area contributed by atoms with Crippen molar-refractivity contribution in [2.75, 3.05) is 6.54 Å². The number of carbonyl (C=O) groups excluding carboxylic acids is 2. The van der Waals surface area contributed by atoms with Gasteiger partial charge in [0.2, 0.25) is 0 Å². The van der Waals surface area contributed by atoms with Crippen LogP contribution in [0.2, 0.25) is 0 Å². The molecule has 0 spiro atoms. The van der Waals surface area contributed by atoms with E-state index in [0.29, 0.717) is 24.1 Å². The fourth-order valence-corrected chi connectivity index (χ4v) is 2.99. The lowest BCUT2D eigenvalue weighted by Gasteiger charge is -2.12. The van der Waals surface area contributed by atoms with Gasteiger partial charge in [0.15, 0.2) is 0 Å². The van der Waals surface area contributed by atoms with Crippen LogP contribution < -0.4 is 0 Å². The zero-order valence-electron chi connectivity index (χ0n) is 12.7. The van der Waals surface area contributed by atoms with Crippen LogP contribution in [0, 0.1) is 6.92 Å². The highest BCUT2D eigenvalue weighted by Gasteiger charge is 2.34. The highest BCUT2D eigenvalue weighted by molar-refractivity contribution is 6.21. The number of fused-ring (bicyclic) bond motifs is 2. The molecule has 23 heavy (non-hydrogen) atoms. The van der Waals surface area contributed by atoms with Crippen molar-refractivity contribution in [2.24, 2.45) is 0 Å². The number of imide groups is 1. The molecule has 1 aliphatic heterocycles.